The van der Waals surface area contributed by atoms with Gasteiger partial charge in [0.05, 0.1) is 17.6 Å². The number of carbonyl (C=O) groups excluding carboxylic acids is 3. The molecule has 0 aliphatic rings. The second kappa shape index (κ2) is 8.56. The zero-order valence-electron chi connectivity index (χ0n) is 14.4. The van der Waals surface area contributed by atoms with E-state index in [4.69, 9.17) is 5.73 Å². The van der Waals surface area contributed by atoms with Gasteiger partial charge in [-0.2, -0.15) is 0 Å². The first-order valence-corrected chi connectivity index (χ1v) is 7.83. The normalized spacial score (nSPS) is 11.3. The largest absolute Gasteiger partial charge is 0.465 e. The SMILES string of the molecule is COC(=O)c1cccc(C(=O)N[C@H](Cc2ccc([N+](=O)[O-])cc2)C(N)=O)c1. The van der Waals surface area contributed by atoms with Crippen LogP contribution in [-0.2, 0) is 16.0 Å². The Morgan fingerprint density at radius 3 is 2.33 bits per heavy atom. The van der Waals surface area contributed by atoms with Gasteiger partial charge in [-0.3, -0.25) is 19.7 Å². The quantitative estimate of drug-likeness (QED) is 0.425. The summed E-state index contributed by atoms with van der Waals surface area (Å²) in [5.41, 5.74) is 6.21. The van der Waals surface area contributed by atoms with Crippen molar-refractivity contribution in [3.8, 4) is 0 Å². The topological polar surface area (TPSA) is 142 Å². The molecule has 0 aliphatic carbocycles. The van der Waals surface area contributed by atoms with Crippen LogP contribution in [0.5, 0.6) is 0 Å². The molecule has 0 aromatic heterocycles. The van der Waals surface area contributed by atoms with Gasteiger partial charge in [-0.05, 0) is 23.8 Å². The van der Waals surface area contributed by atoms with Crippen LogP contribution in [0, 0.1) is 10.1 Å². The van der Waals surface area contributed by atoms with Gasteiger partial charge in [0.15, 0.2) is 0 Å². The minimum absolute atomic E-state index is 0.0652. The number of methoxy groups -OCH3 is 1. The van der Waals surface area contributed by atoms with Crippen molar-refractivity contribution in [3.05, 3.63) is 75.3 Å². The summed E-state index contributed by atoms with van der Waals surface area (Å²) in [7, 11) is 1.22. The van der Waals surface area contributed by atoms with E-state index >= 15 is 0 Å². The van der Waals surface area contributed by atoms with Crippen LogP contribution in [0.25, 0.3) is 0 Å². The summed E-state index contributed by atoms with van der Waals surface area (Å²) < 4.78 is 4.60. The maximum absolute atomic E-state index is 12.4. The fraction of sp³-hybridized carbons (Fsp3) is 0.167. The number of nitrogens with two attached hydrogens (primary N) is 1. The van der Waals surface area contributed by atoms with E-state index in [0.29, 0.717) is 5.56 Å². The Bertz CT molecular complexity index is 879. The van der Waals surface area contributed by atoms with Gasteiger partial charge in [0.1, 0.15) is 6.04 Å². The highest BCUT2D eigenvalue weighted by atomic mass is 16.6. The lowest BCUT2D eigenvalue weighted by atomic mass is 10.0. The van der Waals surface area contributed by atoms with Gasteiger partial charge in [-0.1, -0.05) is 18.2 Å². The van der Waals surface area contributed by atoms with Crippen molar-refractivity contribution < 1.29 is 24.0 Å². The van der Waals surface area contributed by atoms with E-state index in [1.807, 2.05) is 0 Å². The Morgan fingerprint density at radius 1 is 1.15 bits per heavy atom. The summed E-state index contributed by atoms with van der Waals surface area (Å²) >= 11 is 0. The highest BCUT2D eigenvalue weighted by molar-refractivity contribution is 5.99. The molecular formula is C18H17N3O6. The van der Waals surface area contributed by atoms with Crippen LogP contribution < -0.4 is 11.1 Å². The van der Waals surface area contributed by atoms with Crippen LogP contribution in [0.3, 0.4) is 0 Å². The molecule has 1 atom stereocenters. The molecule has 9 nitrogen and oxygen atoms in total. The molecule has 0 unspecified atom stereocenters. The number of non-ortho nitro benzene ring substituents is 1. The van der Waals surface area contributed by atoms with Crippen molar-refractivity contribution in [3.63, 3.8) is 0 Å². The third-order valence-corrected chi connectivity index (χ3v) is 3.78. The maximum atomic E-state index is 12.4. The van der Waals surface area contributed by atoms with E-state index in [-0.39, 0.29) is 23.2 Å². The first kappa shape index (κ1) is 19.6. The molecule has 0 spiro atoms. The van der Waals surface area contributed by atoms with Crippen molar-refractivity contribution in [2.24, 2.45) is 5.73 Å². The van der Waals surface area contributed by atoms with E-state index in [0.717, 1.165) is 0 Å². The number of amides is 2. The van der Waals surface area contributed by atoms with Crippen molar-refractivity contribution in [1.29, 1.82) is 0 Å². The number of nitro benzene ring substituents is 1. The predicted molar refractivity (Wildman–Crippen MR) is 95.0 cm³/mol. The summed E-state index contributed by atoms with van der Waals surface area (Å²) in [6.07, 6.45) is 0.0652. The van der Waals surface area contributed by atoms with E-state index in [2.05, 4.69) is 10.1 Å². The Labute approximate surface area is 154 Å². The number of nitro groups is 1. The second-order valence-electron chi connectivity index (χ2n) is 5.63. The van der Waals surface area contributed by atoms with Gasteiger partial charge >= 0.3 is 5.97 Å². The molecule has 0 fully saturated rings. The van der Waals surface area contributed by atoms with Gasteiger partial charge in [-0.15, -0.1) is 0 Å². The fourth-order valence-corrected chi connectivity index (χ4v) is 2.36. The van der Waals surface area contributed by atoms with E-state index in [9.17, 15) is 24.5 Å². The molecule has 27 heavy (non-hydrogen) atoms. The summed E-state index contributed by atoms with van der Waals surface area (Å²) in [4.78, 5) is 45.8. The Balaban J connectivity index is 2.13. The molecule has 0 radical (unpaired) electrons. The number of esters is 1. The zero-order valence-corrected chi connectivity index (χ0v) is 14.4. The first-order valence-electron chi connectivity index (χ1n) is 7.83. The molecule has 2 aromatic rings. The Morgan fingerprint density at radius 2 is 1.78 bits per heavy atom. The van der Waals surface area contributed by atoms with E-state index < -0.39 is 28.7 Å². The molecule has 0 bridgehead atoms. The fourth-order valence-electron chi connectivity index (χ4n) is 2.36. The maximum Gasteiger partial charge on any atom is 0.337 e. The lowest BCUT2D eigenvalue weighted by molar-refractivity contribution is -0.384. The lowest BCUT2D eigenvalue weighted by Crippen LogP contribution is -2.45. The third-order valence-electron chi connectivity index (χ3n) is 3.78. The molecule has 0 saturated heterocycles. The second-order valence-corrected chi connectivity index (χ2v) is 5.63. The molecule has 0 saturated carbocycles. The molecule has 2 rings (SSSR count). The van der Waals surface area contributed by atoms with Crippen molar-refractivity contribution in [2.45, 2.75) is 12.5 Å². The molecular weight excluding hydrogens is 354 g/mol. The van der Waals surface area contributed by atoms with Crippen molar-refractivity contribution in [2.75, 3.05) is 7.11 Å². The third kappa shape index (κ3) is 5.11. The molecule has 9 heteroatoms. The smallest absolute Gasteiger partial charge is 0.337 e. The molecule has 2 amide bonds. The molecule has 3 N–H and O–H groups in total. The number of carbonyl (C=O) groups is 3. The summed E-state index contributed by atoms with van der Waals surface area (Å²) in [6.45, 7) is 0. The van der Waals surface area contributed by atoms with Crippen molar-refractivity contribution >= 4 is 23.5 Å². The number of ether oxygens (including phenoxy) is 1. The Kier molecular flexibility index (Phi) is 6.21. The van der Waals surface area contributed by atoms with Gasteiger partial charge in [0.25, 0.3) is 11.6 Å². The van der Waals surface area contributed by atoms with Crippen LogP contribution in [0.4, 0.5) is 5.69 Å². The van der Waals surface area contributed by atoms with Crippen LogP contribution in [0.15, 0.2) is 48.5 Å². The number of nitrogens with one attached hydrogen (secondary N) is 1. The van der Waals surface area contributed by atoms with Crippen LogP contribution in [0.2, 0.25) is 0 Å². The van der Waals surface area contributed by atoms with Gasteiger partial charge in [0.2, 0.25) is 5.91 Å². The van der Waals surface area contributed by atoms with Crippen LogP contribution in [0.1, 0.15) is 26.3 Å². The molecule has 2 aromatic carbocycles. The monoisotopic (exact) mass is 371 g/mol. The van der Waals surface area contributed by atoms with Gasteiger partial charge in [-0.25, -0.2) is 4.79 Å². The number of benzene rings is 2. The number of primary amides is 1. The number of hydrogen-bond acceptors (Lipinski definition) is 6. The summed E-state index contributed by atoms with van der Waals surface area (Å²) in [5, 5.41) is 13.2. The number of rotatable bonds is 7. The Hall–Kier alpha value is -3.75. The summed E-state index contributed by atoms with van der Waals surface area (Å²) in [5.74, 6) is -1.95. The van der Waals surface area contributed by atoms with E-state index in [1.54, 1.807) is 0 Å². The van der Waals surface area contributed by atoms with E-state index in [1.165, 1.54) is 55.6 Å². The molecule has 140 valence electrons. The van der Waals surface area contributed by atoms with Crippen molar-refractivity contribution in [1.82, 2.24) is 5.32 Å². The van der Waals surface area contributed by atoms with Gasteiger partial charge in [0, 0.05) is 24.1 Å². The number of hydrogen-bond donors (Lipinski definition) is 2. The summed E-state index contributed by atoms with van der Waals surface area (Å²) in [6, 6.07) is 10.4. The standard InChI is InChI=1S/C18H17N3O6/c1-27-18(24)13-4-2-3-12(10-13)17(23)20-15(16(19)22)9-11-5-7-14(8-6-11)21(25)26/h2-8,10,15H,9H2,1H3,(H2,19,22)(H,20,23)/t15-/m1/s1. The average Bonchev–Trinajstić information content (AvgIpc) is 2.67. The van der Waals surface area contributed by atoms with Gasteiger partial charge < -0.3 is 15.8 Å². The molecule has 0 aliphatic heterocycles. The molecule has 0 heterocycles. The predicted octanol–water partition coefficient (Wildman–Crippen LogP) is 1.21. The first-order chi connectivity index (χ1) is 12.8. The zero-order chi connectivity index (χ0) is 20.0. The number of nitrogens with zero attached hydrogens (tertiary/aromatic N) is 1. The highest BCUT2D eigenvalue weighted by Gasteiger charge is 2.20. The lowest BCUT2D eigenvalue weighted by Gasteiger charge is -2.16. The average molecular weight is 371 g/mol. The highest BCUT2D eigenvalue weighted by Crippen LogP contribution is 2.14. The minimum atomic E-state index is -1.03. The van der Waals surface area contributed by atoms with Crippen LogP contribution in [-0.4, -0.2) is 35.9 Å². The van der Waals surface area contributed by atoms with Crippen LogP contribution >= 0.6 is 0 Å². The minimum Gasteiger partial charge on any atom is -0.465 e.